The smallest absolute Gasteiger partial charge is 0.190 e. The lowest BCUT2D eigenvalue weighted by atomic mass is 10.1. The quantitative estimate of drug-likeness (QED) is 0.829. The van der Waals surface area contributed by atoms with E-state index in [-0.39, 0.29) is 17.1 Å². The molecule has 1 spiro atoms. The highest BCUT2D eigenvalue weighted by Gasteiger charge is 2.59. The molecular weight excluding hydrogens is 253 g/mol. The second kappa shape index (κ2) is 3.92. The van der Waals surface area contributed by atoms with Crippen LogP contribution in [0.2, 0.25) is 0 Å². The van der Waals surface area contributed by atoms with E-state index in [4.69, 9.17) is 0 Å². The third-order valence-electron chi connectivity index (χ3n) is 4.36. The Balaban J connectivity index is 1.74. The number of hydrogen-bond acceptors (Lipinski definition) is 2. The van der Waals surface area contributed by atoms with Gasteiger partial charge in [-0.3, -0.25) is 4.79 Å². The Kier molecular flexibility index (Phi) is 2.28. The molecule has 20 heavy (non-hydrogen) atoms. The maximum absolute atomic E-state index is 13.0. The van der Waals surface area contributed by atoms with Crippen molar-refractivity contribution in [2.24, 2.45) is 0 Å². The summed E-state index contributed by atoms with van der Waals surface area (Å²) in [5.41, 5.74) is 2.55. The number of hydrogen-bond donors (Lipinski definition) is 0. The summed E-state index contributed by atoms with van der Waals surface area (Å²) in [5.74, 6) is 0.0167. The summed E-state index contributed by atoms with van der Waals surface area (Å²) in [4.78, 5) is 14.7. The minimum Gasteiger partial charge on any atom is -0.353 e. The zero-order chi connectivity index (χ0) is 13.7. The van der Waals surface area contributed by atoms with Crippen LogP contribution in [0.1, 0.15) is 28.8 Å². The molecule has 1 heterocycles. The molecule has 4 rings (SSSR count). The maximum Gasteiger partial charge on any atom is 0.190 e. The summed E-state index contributed by atoms with van der Waals surface area (Å²) in [7, 11) is 0. The number of ketones is 1. The number of Topliss-reactive ketones (excluding diaryl/α,β-unsaturated/α-hetero) is 1. The first-order chi connectivity index (χ1) is 9.71. The number of carbonyl (C=O) groups is 1. The first kappa shape index (κ1) is 11.6. The van der Waals surface area contributed by atoms with E-state index in [1.807, 2.05) is 24.3 Å². The van der Waals surface area contributed by atoms with E-state index < -0.39 is 0 Å². The second-order valence-corrected chi connectivity index (χ2v) is 5.59. The summed E-state index contributed by atoms with van der Waals surface area (Å²) in [6.45, 7) is 0.656. The van der Waals surface area contributed by atoms with Gasteiger partial charge in [0.25, 0.3) is 0 Å². The van der Waals surface area contributed by atoms with E-state index >= 15 is 0 Å². The van der Waals surface area contributed by atoms with Crippen LogP contribution in [-0.4, -0.2) is 11.3 Å². The van der Waals surface area contributed by atoms with Crippen molar-refractivity contribution in [2.45, 2.75) is 24.9 Å². The zero-order valence-electron chi connectivity index (χ0n) is 11.0. The van der Waals surface area contributed by atoms with Crippen LogP contribution in [0, 0.1) is 5.82 Å². The average molecular weight is 267 g/mol. The minimum absolute atomic E-state index is 0.229. The summed E-state index contributed by atoms with van der Waals surface area (Å²) in [6, 6.07) is 14.3. The molecule has 0 saturated heterocycles. The number of benzene rings is 2. The number of para-hydroxylation sites is 1. The van der Waals surface area contributed by atoms with Crippen molar-refractivity contribution in [2.75, 3.05) is 4.90 Å². The molecule has 2 aliphatic rings. The van der Waals surface area contributed by atoms with Gasteiger partial charge in [-0.25, -0.2) is 4.39 Å². The lowest BCUT2D eigenvalue weighted by molar-refractivity contribution is 0.0958. The van der Waals surface area contributed by atoms with Crippen LogP contribution in [0.15, 0.2) is 48.5 Å². The summed E-state index contributed by atoms with van der Waals surface area (Å²) < 4.78 is 13.0. The van der Waals surface area contributed by atoms with E-state index in [0.717, 1.165) is 29.7 Å². The predicted octanol–water partition coefficient (Wildman–Crippen LogP) is 3.56. The van der Waals surface area contributed by atoms with Crippen molar-refractivity contribution in [3.63, 3.8) is 0 Å². The monoisotopic (exact) mass is 267 g/mol. The number of rotatable bonds is 2. The predicted molar refractivity (Wildman–Crippen MR) is 75.3 cm³/mol. The van der Waals surface area contributed by atoms with Crippen molar-refractivity contribution >= 4 is 11.5 Å². The van der Waals surface area contributed by atoms with E-state index in [0.29, 0.717) is 6.54 Å². The Labute approximate surface area is 116 Å². The maximum atomic E-state index is 13.0. The van der Waals surface area contributed by atoms with Gasteiger partial charge in [0.1, 0.15) is 11.4 Å². The number of halogens is 1. The molecule has 100 valence electrons. The molecular formula is C17H14FNO. The first-order valence-corrected chi connectivity index (χ1v) is 6.87. The second-order valence-electron chi connectivity index (χ2n) is 5.59. The first-order valence-electron chi connectivity index (χ1n) is 6.87. The van der Waals surface area contributed by atoms with Crippen LogP contribution >= 0.6 is 0 Å². The Hall–Kier alpha value is -2.16. The van der Waals surface area contributed by atoms with Crippen LogP contribution < -0.4 is 4.90 Å². The number of nitrogens with zero attached hydrogens (tertiary/aromatic N) is 1. The number of anilines is 1. The average Bonchev–Trinajstić information content (AvgIpc) is 3.23. The SMILES string of the molecule is O=C1c2ccccc2N(Cc2ccc(F)cc2)C12CC2. The molecule has 0 amide bonds. The molecule has 1 fully saturated rings. The molecule has 0 radical (unpaired) electrons. The van der Waals surface area contributed by atoms with Gasteiger partial charge in [0.2, 0.25) is 0 Å². The highest BCUT2D eigenvalue weighted by molar-refractivity contribution is 6.15. The highest BCUT2D eigenvalue weighted by atomic mass is 19.1. The van der Waals surface area contributed by atoms with Crippen molar-refractivity contribution in [3.05, 3.63) is 65.5 Å². The fourth-order valence-electron chi connectivity index (χ4n) is 3.13. The molecule has 1 aliphatic carbocycles. The van der Waals surface area contributed by atoms with Gasteiger partial charge in [-0.1, -0.05) is 24.3 Å². The molecule has 0 bridgehead atoms. The van der Waals surface area contributed by atoms with Crippen LogP contribution in [-0.2, 0) is 6.54 Å². The van der Waals surface area contributed by atoms with E-state index in [2.05, 4.69) is 4.90 Å². The number of carbonyl (C=O) groups excluding carboxylic acids is 1. The highest BCUT2D eigenvalue weighted by Crippen LogP contribution is 2.53. The van der Waals surface area contributed by atoms with Gasteiger partial charge in [0.15, 0.2) is 5.78 Å². The lowest BCUT2D eigenvalue weighted by Crippen LogP contribution is -2.37. The molecule has 1 saturated carbocycles. The standard InChI is InChI=1S/C17H14FNO/c18-13-7-5-12(6-8-13)11-19-15-4-2-1-3-14(15)16(20)17(19)9-10-17/h1-8H,9-11H2. The van der Waals surface area contributed by atoms with Gasteiger partial charge in [-0.15, -0.1) is 0 Å². The van der Waals surface area contributed by atoms with Gasteiger partial charge in [0.05, 0.1) is 0 Å². The molecule has 1 aliphatic heterocycles. The third kappa shape index (κ3) is 1.52. The van der Waals surface area contributed by atoms with Gasteiger partial charge in [-0.2, -0.15) is 0 Å². The van der Waals surface area contributed by atoms with Crippen molar-refractivity contribution in [1.82, 2.24) is 0 Å². The molecule has 2 nitrogen and oxygen atoms in total. The van der Waals surface area contributed by atoms with Gasteiger partial charge >= 0.3 is 0 Å². The van der Waals surface area contributed by atoms with Gasteiger partial charge in [-0.05, 0) is 42.7 Å². The Morgan fingerprint density at radius 2 is 1.75 bits per heavy atom. The Morgan fingerprint density at radius 3 is 2.45 bits per heavy atom. The molecule has 3 heteroatoms. The van der Waals surface area contributed by atoms with Crippen molar-refractivity contribution in [3.8, 4) is 0 Å². The minimum atomic E-state index is -0.321. The van der Waals surface area contributed by atoms with E-state index in [1.165, 1.54) is 12.1 Å². The topological polar surface area (TPSA) is 20.3 Å². The van der Waals surface area contributed by atoms with E-state index in [1.54, 1.807) is 12.1 Å². The normalized spacial score (nSPS) is 18.4. The van der Waals surface area contributed by atoms with Gasteiger partial charge < -0.3 is 4.90 Å². The molecule has 2 aromatic carbocycles. The van der Waals surface area contributed by atoms with Crippen LogP contribution in [0.5, 0.6) is 0 Å². The zero-order valence-corrected chi connectivity index (χ0v) is 11.0. The summed E-state index contributed by atoms with van der Waals surface area (Å²) >= 11 is 0. The molecule has 0 aromatic heterocycles. The number of fused-ring (bicyclic) bond motifs is 1. The molecule has 0 N–H and O–H groups in total. The van der Waals surface area contributed by atoms with Crippen molar-refractivity contribution in [1.29, 1.82) is 0 Å². The summed E-state index contributed by atoms with van der Waals surface area (Å²) in [5, 5.41) is 0. The third-order valence-corrected chi connectivity index (χ3v) is 4.36. The largest absolute Gasteiger partial charge is 0.353 e. The van der Waals surface area contributed by atoms with Crippen molar-refractivity contribution < 1.29 is 9.18 Å². The Morgan fingerprint density at radius 1 is 1.05 bits per heavy atom. The van der Waals surface area contributed by atoms with Crippen LogP contribution in [0.25, 0.3) is 0 Å². The molecule has 0 unspecified atom stereocenters. The lowest BCUT2D eigenvalue weighted by Gasteiger charge is -2.26. The molecule has 2 aromatic rings. The fraction of sp³-hybridized carbons (Fsp3) is 0.235. The van der Waals surface area contributed by atoms with Crippen LogP contribution in [0.3, 0.4) is 0 Å². The molecule has 0 atom stereocenters. The van der Waals surface area contributed by atoms with E-state index in [9.17, 15) is 9.18 Å². The summed E-state index contributed by atoms with van der Waals surface area (Å²) in [6.07, 6.45) is 1.84. The van der Waals surface area contributed by atoms with Gasteiger partial charge in [0, 0.05) is 17.8 Å². The Bertz CT molecular complexity index is 688. The van der Waals surface area contributed by atoms with Crippen LogP contribution in [0.4, 0.5) is 10.1 Å². The fourth-order valence-corrected chi connectivity index (χ4v) is 3.13.